The average Bonchev–Trinajstić information content (AvgIpc) is 3.18. The van der Waals surface area contributed by atoms with Gasteiger partial charge < -0.3 is 14.8 Å². The summed E-state index contributed by atoms with van der Waals surface area (Å²) in [7, 11) is 1.73. The van der Waals surface area contributed by atoms with E-state index in [1.165, 1.54) is 12.1 Å². The molecule has 1 N–H and O–H groups in total. The molecule has 5 nitrogen and oxygen atoms in total. The molecule has 2 aromatic carbocycles. The van der Waals surface area contributed by atoms with Gasteiger partial charge in [0.15, 0.2) is 0 Å². The first-order chi connectivity index (χ1) is 13.4. The van der Waals surface area contributed by atoms with Gasteiger partial charge in [-0.05, 0) is 49.2 Å². The number of hydrogen-bond acceptors (Lipinski definition) is 2. The highest BCUT2D eigenvalue weighted by molar-refractivity contribution is 6.34. The Morgan fingerprint density at radius 2 is 2.00 bits per heavy atom. The van der Waals surface area contributed by atoms with Crippen molar-refractivity contribution >= 4 is 45.7 Å². The third-order valence-electron chi connectivity index (χ3n) is 5.07. The maximum absolute atomic E-state index is 13.9. The highest BCUT2D eigenvalue weighted by Gasteiger charge is 2.31. The van der Waals surface area contributed by atoms with E-state index in [1.54, 1.807) is 34.7 Å². The van der Waals surface area contributed by atoms with Gasteiger partial charge in [0.2, 0.25) is 5.91 Å². The molecule has 0 radical (unpaired) electrons. The van der Waals surface area contributed by atoms with Gasteiger partial charge in [0.1, 0.15) is 11.5 Å². The standard InChI is InChI=1S/C21H19ClFN3O2/c1-12-5-7-16(15(22)10-12)24-21(28)20-19(26-9-3-4-18(26)27)14-11-13(23)6-8-17(14)25(20)2/h5-8,10-11H,3-4,9H2,1-2H3,(H,24,28). The molecule has 1 aliphatic rings. The van der Waals surface area contributed by atoms with Gasteiger partial charge in [-0.2, -0.15) is 0 Å². The maximum atomic E-state index is 13.9. The summed E-state index contributed by atoms with van der Waals surface area (Å²) in [5.74, 6) is -0.890. The Morgan fingerprint density at radius 1 is 1.21 bits per heavy atom. The molecule has 1 fully saturated rings. The largest absolute Gasteiger partial charge is 0.338 e. The zero-order valence-electron chi connectivity index (χ0n) is 15.6. The molecule has 0 aliphatic carbocycles. The Bertz CT molecular complexity index is 1120. The Morgan fingerprint density at radius 3 is 2.68 bits per heavy atom. The van der Waals surface area contributed by atoms with Crippen LogP contribution in [0.15, 0.2) is 36.4 Å². The molecule has 28 heavy (non-hydrogen) atoms. The van der Waals surface area contributed by atoms with Crippen LogP contribution in [0.4, 0.5) is 15.8 Å². The van der Waals surface area contributed by atoms with Crippen LogP contribution in [0.3, 0.4) is 0 Å². The molecule has 2 amide bonds. The van der Waals surface area contributed by atoms with Crippen molar-refractivity contribution in [3.8, 4) is 0 Å². The van der Waals surface area contributed by atoms with Gasteiger partial charge in [0.25, 0.3) is 5.91 Å². The summed E-state index contributed by atoms with van der Waals surface area (Å²) in [5, 5.41) is 3.79. The Hall–Kier alpha value is -2.86. The van der Waals surface area contributed by atoms with Crippen LogP contribution >= 0.6 is 11.6 Å². The molecule has 0 bridgehead atoms. The molecule has 1 aromatic heterocycles. The molecule has 0 atom stereocenters. The van der Waals surface area contributed by atoms with E-state index < -0.39 is 11.7 Å². The number of benzene rings is 2. The molecule has 0 saturated carbocycles. The van der Waals surface area contributed by atoms with E-state index >= 15 is 0 Å². The molecular weight excluding hydrogens is 381 g/mol. The van der Waals surface area contributed by atoms with Crippen molar-refractivity contribution in [1.29, 1.82) is 0 Å². The Kier molecular flexibility index (Phi) is 4.59. The van der Waals surface area contributed by atoms with Crippen molar-refractivity contribution in [1.82, 2.24) is 4.57 Å². The summed E-state index contributed by atoms with van der Waals surface area (Å²) in [6, 6.07) is 9.67. The number of nitrogens with zero attached hydrogens (tertiary/aromatic N) is 2. The molecule has 144 valence electrons. The Balaban J connectivity index is 1.86. The van der Waals surface area contributed by atoms with Gasteiger partial charge in [-0.15, -0.1) is 0 Å². The maximum Gasteiger partial charge on any atom is 0.274 e. The van der Waals surface area contributed by atoms with Gasteiger partial charge in [-0.3, -0.25) is 9.59 Å². The lowest BCUT2D eigenvalue weighted by molar-refractivity contribution is -0.117. The molecule has 0 unspecified atom stereocenters. The number of rotatable bonds is 3. The molecule has 0 spiro atoms. The van der Waals surface area contributed by atoms with Crippen LogP contribution in [0, 0.1) is 12.7 Å². The number of fused-ring (bicyclic) bond motifs is 1. The summed E-state index contributed by atoms with van der Waals surface area (Å²) < 4.78 is 15.6. The zero-order valence-corrected chi connectivity index (χ0v) is 16.3. The van der Waals surface area contributed by atoms with E-state index in [-0.39, 0.29) is 5.91 Å². The fraction of sp³-hybridized carbons (Fsp3) is 0.238. The number of carbonyl (C=O) groups excluding carboxylic acids is 2. The molecule has 1 saturated heterocycles. The first kappa shape index (κ1) is 18.5. The van der Waals surface area contributed by atoms with Crippen LogP contribution in [-0.4, -0.2) is 22.9 Å². The number of amides is 2. The normalized spacial score (nSPS) is 14.1. The minimum absolute atomic E-state index is 0.0702. The number of anilines is 2. The van der Waals surface area contributed by atoms with Crippen LogP contribution < -0.4 is 10.2 Å². The summed E-state index contributed by atoms with van der Waals surface area (Å²) in [4.78, 5) is 27.2. The van der Waals surface area contributed by atoms with E-state index in [2.05, 4.69) is 5.32 Å². The monoisotopic (exact) mass is 399 g/mol. The van der Waals surface area contributed by atoms with E-state index in [0.717, 1.165) is 5.56 Å². The third kappa shape index (κ3) is 3.03. The quantitative estimate of drug-likeness (QED) is 0.696. The fourth-order valence-corrected chi connectivity index (χ4v) is 4.00. The second-order valence-corrected chi connectivity index (χ2v) is 7.41. The van der Waals surface area contributed by atoms with Gasteiger partial charge in [-0.25, -0.2) is 4.39 Å². The first-order valence-electron chi connectivity index (χ1n) is 9.02. The average molecular weight is 400 g/mol. The summed E-state index contributed by atoms with van der Waals surface area (Å²) in [6.07, 6.45) is 1.12. The zero-order chi connectivity index (χ0) is 20.0. The van der Waals surface area contributed by atoms with Crippen LogP contribution in [0.1, 0.15) is 28.9 Å². The molecule has 1 aliphatic heterocycles. The smallest absolute Gasteiger partial charge is 0.274 e. The summed E-state index contributed by atoms with van der Waals surface area (Å²) in [6.45, 7) is 2.41. The number of aromatic nitrogens is 1. The lowest BCUT2D eigenvalue weighted by Gasteiger charge is -2.18. The van der Waals surface area contributed by atoms with Crippen molar-refractivity contribution in [3.63, 3.8) is 0 Å². The van der Waals surface area contributed by atoms with Crippen molar-refractivity contribution in [2.24, 2.45) is 7.05 Å². The minimum atomic E-state index is -0.417. The predicted octanol–water partition coefficient (Wildman–Crippen LogP) is 4.66. The third-order valence-corrected chi connectivity index (χ3v) is 5.38. The topological polar surface area (TPSA) is 54.3 Å². The van der Waals surface area contributed by atoms with Gasteiger partial charge in [0, 0.05) is 25.4 Å². The van der Waals surface area contributed by atoms with Crippen LogP contribution in [0.25, 0.3) is 10.9 Å². The number of hydrogen-bond donors (Lipinski definition) is 1. The van der Waals surface area contributed by atoms with Gasteiger partial charge >= 0.3 is 0 Å². The molecule has 7 heteroatoms. The summed E-state index contributed by atoms with van der Waals surface area (Å²) in [5.41, 5.74) is 2.88. The molecule has 2 heterocycles. The minimum Gasteiger partial charge on any atom is -0.338 e. The van der Waals surface area contributed by atoms with E-state index in [9.17, 15) is 14.0 Å². The van der Waals surface area contributed by atoms with Crippen molar-refractivity contribution in [2.45, 2.75) is 19.8 Å². The van der Waals surface area contributed by atoms with Gasteiger partial charge in [-0.1, -0.05) is 17.7 Å². The highest BCUT2D eigenvalue weighted by atomic mass is 35.5. The number of nitrogens with one attached hydrogen (secondary N) is 1. The fourth-order valence-electron chi connectivity index (χ4n) is 3.72. The van der Waals surface area contributed by atoms with Crippen molar-refractivity contribution in [3.05, 3.63) is 58.5 Å². The molecular formula is C21H19ClFN3O2. The number of aryl methyl sites for hydroxylation is 2. The van der Waals surface area contributed by atoms with E-state index in [0.29, 0.717) is 52.4 Å². The SMILES string of the molecule is Cc1ccc(NC(=O)c2c(N3CCCC3=O)c3cc(F)ccc3n2C)c(Cl)c1. The highest BCUT2D eigenvalue weighted by Crippen LogP contribution is 2.37. The van der Waals surface area contributed by atoms with Gasteiger partial charge in [0.05, 0.1) is 21.9 Å². The van der Waals surface area contributed by atoms with Crippen LogP contribution in [0.5, 0.6) is 0 Å². The van der Waals surface area contributed by atoms with Crippen molar-refractivity contribution in [2.75, 3.05) is 16.8 Å². The van der Waals surface area contributed by atoms with Crippen LogP contribution in [0.2, 0.25) is 5.02 Å². The van der Waals surface area contributed by atoms with E-state index in [4.69, 9.17) is 11.6 Å². The number of carbonyl (C=O) groups is 2. The van der Waals surface area contributed by atoms with E-state index in [1.807, 2.05) is 13.0 Å². The summed E-state index contributed by atoms with van der Waals surface area (Å²) >= 11 is 6.25. The second kappa shape index (κ2) is 6.95. The molecule has 4 rings (SSSR count). The Labute approximate surface area is 166 Å². The predicted molar refractivity (Wildman–Crippen MR) is 109 cm³/mol. The lowest BCUT2D eigenvalue weighted by Crippen LogP contribution is -2.27. The van der Waals surface area contributed by atoms with Crippen molar-refractivity contribution < 1.29 is 14.0 Å². The van der Waals surface area contributed by atoms with Crippen LogP contribution in [-0.2, 0) is 11.8 Å². The lowest BCUT2D eigenvalue weighted by atomic mass is 10.2. The molecule has 3 aromatic rings. The second-order valence-electron chi connectivity index (χ2n) is 7.00. The number of halogens is 2. The first-order valence-corrected chi connectivity index (χ1v) is 9.40.